The van der Waals surface area contributed by atoms with Crippen LogP contribution in [0.3, 0.4) is 0 Å². The summed E-state index contributed by atoms with van der Waals surface area (Å²) in [5, 5.41) is 5.08. The molecule has 1 aliphatic heterocycles. The molecular weight excluding hydrogens is 366 g/mol. The lowest BCUT2D eigenvalue weighted by atomic mass is 10.1. The Hall–Kier alpha value is -3.23. The molecule has 0 bridgehead atoms. The maximum absolute atomic E-state index is 12.6. The third-order valence-corrected chi connectivity index (χ3v) is 4.05. The number of nitrogens with zero attached hydrogens (tertiary/aromatic N) is 2. The van der Waals surface area contributed by atoms with Crippen LogP contribution in [-0.2, 0) is 14.3 Å². The van der Waals surface area contributed by atoms with E-state index in [2.05, 4.69) is 5.32 Å². The second-order valence-electron chi connectivity index (χ2n) is 5.84. The quantitative estimate of drug-likeness (QED) is 0.558. The number of nitrogens with one attached hydrogen (secondary N) is 1. The first-order valence-electron chi connectivity index (χ1n) is 8.92. The Morgan fingerprint density at radius 1 is 1.14 bits per heavy atom. The van der Waals surface area contributed by atoms with Gasteiger partial charge in [-0.05, 0) is 37.6 Å². The van der Waals surface area contributed by atoms with E-state index in [0.717, 1.165) is 0 Å². The van der Waals surface area contributed by atoms with Crippen LogP contribution in [0.2, 0.25) is 0 Å². The molecule has 0 spiro atoms. The molecule has 1 N–H and O–H groups in total. The minimum atomic E-state index is -0.530. The van der Waals surface area contributed by atoms with Crippen molar-refractivity contribution in [3.8, 4) is 11.5 Å². The Balaban J connectivity index is 2.03. The standard InChI is InChI=1S/C19H25N3O6/c1-4-28-18(24)13-20-19(25)22-11-5-10-21(22)17(23)9-6-14-12-15(26-2)7-8-16(14)27-3/h6-9,12H,4-5,10-11,13H2,1-3H3,(H,20,25)/b9-6+. The van der Waals surface area contributed by atoms with E-state index in [1.165, 1.54) is 23.2 Å². The number of carbonyl (C=O) groups excluding carboxylic acids is 3. The number of benzene rings is 1. The van der Waals surface area contributed by atoms with Crippen molar-refractivity contribution < 1.29 is 28.6 Å². The highest BCUT2D eigenvalue weighted by Crippen LogP contribution is 2.25. The molecule has 1 aromatic carbocycles. The fourth-order valence-electron chi connectivity index (χ4n) is 2.72. The molecular formula is C19H25N3O6. The number of urea groups is 1. The van der Waals surface area contributed by atoms with Gasteiger partial charge in [0, 0.05) is 24.7 Å². The topological polar surface area (TPSA) is 97.4 Å². The largest absolute Gasteiger partial charge is 0.497 e. The van der Waals surface area contributed by atoms with E-state index in [4.69, 9.17) is 14.2 Å². The number of esters is 1. The monoisotopic (exact) mass is 391 g/mol. The van der Waals surface area contributed by atoms with Gasteiger partial charge in [-0.25, -0.2) is 14.8 Å². The molecule has 0 unspecified atom stereocenters. The maximum Gasteiger partial charge on any atom is 0.336 e. The maximum atomic E-state index is 12.6. The number of hydrogen-bond donors (Lipinski definition) is 1. The minimum Gasteiger partial charge on any atom is -0.497 e. The van der Waals surface area contributed by atoms with Crippen LogP contribution in [0.15, 0.2) is 24.3 Å². The molecule has 1 fully saturated rings. The average molecular weight is 391 g/mol. The van der Waals surface area contributed by atoms with Crippen molar-refractivity contribution in [3.63, 3.8) is 0 Å². The molecule has 1 aliphatic rings. The number of carbonyl (C=O) groups is 3. The number of hydrogen-bond acceptors (Lipinski definition) is 6. The van der Waals surface area contributed by atoms with Gasteiger partial charge in [-0.3, -0.25) is 9.59 Å². The third-order valence-electron chi connectivity index (χ3n) is 4.05. The van der Waals surface area contributed by atoms with Gasteiger partial charge >= 0.3 is 12.0 Å². The molecule has 9 nitrogen and oxygen atoms in total. The van der Waals surface area contributed by atoms with Crippen molar-refractivity contribution in [1.82, 2.24) is 15.3 Å². The van der Waals surface area contributed by atoms with E-state index in [-0.39, 0.29) is 19.1 Å². The molecule has 0 saturated carbocycles. The molecule has 0 aromatic heterocycles. The van der Waals surface area contributed by atoms with Crippen LogP contribution in [0.4, 0.5) is 4.79 Å². The first-order chi connectivity index (χ1) is 13.5. The summed E-state index contributed by atoms with van der Waals surface area (Å²) in [5.41, 5.74) is 0.674. The summed E-state index contributed by atoms with van der Waals surface area (Å²) in [6, 6.07) is 4.73. The minimum absolute atomic E-state index is 0.238. The van der Waals surface area contributed by atoms with E-state index < -0.39 is 12.0 Å². The number of ether oxygens (including phenoxy) is 3. The lowest BCUT2D eigenvalue weighted by Gasteiger charge is -2.26. The van der Waals surface area contributed by atoms with Gasteiger partial charge in [0.05, 0.1) is 20.8 Å². The molecule has 3 amide bonds. The summed E-state index contributed by atoms with van der Waals surface area (Å²) in [6.45, 7) is 2.47. The Bertz CT molecular complexity index is 749. The lowest BCUT2D eigenvalue weighted by molar-refractivity contribution is -0.141. The van der Waals surface area contributed by atoms with Gasteiger partial charge in [0.2, 0.25) is 0 Å². The van der Waals surface area contributed by atoms with Crippen molar-refractivity contribution in [2.75, 3.05) is 40.5 Å². The predicted molar refractivity (Wildman–Crippen MR) is 102 cm³/mol. The molecule has 9 heteroatoms. The lowest BCUT2D eigenvalue weighted by Crippen LogP contribution is -2.49. The van der Waals surface area contributed by atoms with Crippen molar-refractivity contribution >= 4 is 24.0 Å². The van der Waals surface area contributed by atoms with E-state index in [1.807, 2.05) is 0 Å². The highest BCUT2D eigenvalue weighted by molar-refractivity contribution is 5.94. The number of amides is 3. The molecule has 1 heterocycles. The van der Waals surface area contributed by atoms with Crippen molar-refractivity contribution in [2.45, 2.75) is 13.3 Å². The van der Waals surface area contributed by atoms with Gasteiger partial charge in [-0.15, -0.1) is 0 Å². The Morgan fingerprint density at radius 2 is 1.89 bits per heavy atom. The van der Waals surface area contributed by atoms with Gasteiger partial charge < -0.3 is 19.5 Å². The van der Waals surface area contributed by atoms with E-state index in [9.17, 15) is 14.4 Å². The Kier molecular flexibility index (Phi) is 7.67. The van der Waals surface area contributed by atoms with Gasteiger partial charge in [0.25, 0.3) is 5.91 Å². The second-order valence-corrected chi connectivity index (χ2v) is 5.84. The van der Waals surface area contributed by atoms with Crippen LogP contribution in [0.1, 0.15) is 18.9 Å². The fourth-order valence-corrected chi connectivity index (χ4v) is 2.72. The number of hydrazine groups is 1. The molecule has 152 valence electrons. The van der Waals surface area contributed by atoms with Crippen LogP contribution < -0.4 is 14.8 Å². The number of rotatable bonds is 7. The zero-order valence-electron chi connectivity index (χ0n) is 16.3. The van der Waals surface area contributed by atoms with Gasteiger partial charge in [-0.2, -0.15) is 0 Å². The molecule has 0 radical (unpaired) electrons. The van der Waals surface area contributed by atoms with Crippen LogP contribution in [0.5, 0.6) is 11.5 Å². The average Bonchev–Trinajstić information content (AvgIpc) is 3.20. The molecule has 0 aliphatic carbocycles. The Morgan fingerprint density at radius 3 is 2.57 bits per heavy atom. The highest BCUT2D eigenvalue weighted by Gasteiger charge is 2.29. The Labute approximate surface area is 163 Å². The molecule has 1 saturated heterocycles. The van der Waals surface area contributed by atoms with Gasteiger partial charge in [0.1, 0.15) is 18.0 Å². The fraction of sp³-hybridized carbons (Fsp3) is 0.421. The zero-order chi connectivity index (χ0) is 20.5. The van der Waals surface area contributed by atoms with Gasteiger partial charge in [0.15, 0.2) is 0 Å². The normalized spacial score (nSPS) is 13.5. The predicted octanol–water partition coefficient (Wildman–Crippen LogP) is 1.44. The SMILES string of the molecule is CCOC(=O)CNC(=O)N1CCCN1C(=O)/C=C/c1cc(OC)ccc1OC. The summed E-state index contributed by atoms with van der Waals surface area (Å²) in [7, 11) is 3.09. The van der Waals surface area contributed by atoms with Crippen molar-refractivity contribution in [1.29, 1.82) is 0 Å². The van der Waals surface area contributed by atoms with E-state index >= 15 is 0 Å². The summed E-state index contributed by atoms with van der Waals surface area (Å²) in [5.74, 6) is 0.343. The summed E-state index contributed by atoms with van der Waals surface area (Å²) in [6.07, 6.45) is 3.62. The zero-order valence-corrected chi connectivity index (χ0v) is 16.3. The van der Waals surface area contributed by atoms with Gasteiger partial charge in [-0.1, -0.05) is 0 Å². The summed E-state index contributed by atoms with van der Waals surface area (Å²) >= 11 is 0. The molecule has 2 rings (SSSR count). The van der Waals surface area contributed by atoms with E-state index in [0.29, 0.717) is 36.6 Å². The first-order valence-corrected chi connectivity index (χ1v) is 8.92. The smallest absolute Gasteiger partial charge is 0.336 e. The molecule has 1 aromatic rings. The second kappa shape index (κ2) is 10.2. The first kappa shape index (κ1) is 21.1. The van der Waals surface area contributed by atoms with Crippen molar-refractivity contribution in [3.05, 3.63) is 29.8 Å². The van der Waals surface area contributed by atoms with Crippen LogP contribution in [0.25, 0.3) is 6.08 Å². The highest BCUT2D eigenvalue weighted by atomic mass is 16.5. The third kappa shape index (κ3) is 5.38. The number of methoxy groups -OCH3 is 2. The van der Waals surface area contributed by atoms with Crippen LogP contribution >= 0.6 is 0 Å². The summed E-state index contributed by atoms with van der Waals surface area (Å²) < 4.78 is 15.2. The van der Waals surface area contributed by atoms with Crippen LogP contribution in [0, 0.1) is 0 Å². The van der Waals surface area contributed by atoms with Crippen molar-refractivity contribution in [2.24, 2.45) is 0 Å². The summed E-state index contributed by atoms with van der Waals surface area (Å²) in [4.78, 5) is 36.2. The van der Waals surface area contributed by atoms with Crippen LogP contribution in [-0.4, -0.2) is 68.4 Å². The molecule has 28 heavy (non-hydrogen) atoms. The van der Waals surface area contributed by atoms with E-state index in [1.54, 1.807) is 38.3 Å². The molecule has 0 atom stereocenters.